The predicted molar refractivity (Wildman–Crippen MR) is 62.5 cm³/mol. The fraction of sp³-hybridized carbons (Fsp3) is 0.600. The molecule has 2 heterocycles. The number of rotatable bonds is 2. The van der Waals surface area contributed by atoms with E-state index in [0.29, 0.717) is 0 Å². The van der Waals surface area contributed by atoms with Crippen molar-refractivity contribution < 1.29 is 4.74 Å². The first-order chi connectivity index (χ1) is 6.63. The fourth-order valence-electron chi connectivity index (χ4n) is 1.89. The standard InChI is InChI=1S/C10H14BrNOS/c1-10(3-2-4-13-10)9(12)7-5-14-6-8(7)11/h5-6,9H,2-4,12H2,1H3. The summed E-state index contributed by atoms with van der Waals surface area (Å²) in [6.45, 7) is 2.95. The molecule has 2 rings (SSSR count). The van der Waals surface area contributed by atoms with Crippen LogP contribution in [0.2, 0.25) is 0 Å². The van der Waals surface area contributed by atoms with Gasteiger partial charge in [-0.05, 0) is 46.6 Å². The number of thiophene rings is 1. The molecule has 2 atom stereocenters. The molecule has 2 N–H and O–H groups in total. The molecule has 0 amide bonds. The van der Waals surface area contributed by atoms with Crippen LogP contribution in [-0.4, -0.2) is 12.2 Å². The second-order valence-electron chi connectivity index (χ2n) is 3.92. The predicted octanol–water partition coefficient (Wildman–Crippen LogP) is 3.08. The molecule has 78 valence electrons. The molecule has 1 aromatic heterocycles. The van der Waals surface area contributed by atoms with E-state index < -0.39 is 0 Å². The van der Waals surface area contributed by atoms with Gasteiger partial charge in [-0.2, -0.15) is 11.3 Å². The quantitative estimate of drug-likeness (QED) is 0.901. The normalized spacial score (nSPS) is 29.4. The van der Waals surface area contributed by atoms with Crippen molar-refractivity contribution in [3.05, 3.63) is 20.8 Å². The van der Waals surface area contributed by atoms with Crippen LogP contribution in [0.15, 0.2) is 15.2 Å². The van der Waals surface area contributed by atoms with Crippen molar-refractivity contribution in [3.8, 4) is 0 Å². The minimum Gasteiger partial charge on any atom is -0.373 e. The molecule has 1 fully saturated rings. The maximum atomic E-state index is 6.23. The molecular formula is C10H14BrNOS. The second kappa shape index (κ2) is 3.93. The average molecular weight is 276 g/mol. The Labute approximate surface area is 96.6 Å². The molecule has 0 radical (unpaired) electrons. The molecular weight excluding hydrogens is 262 g/mol. The zero-order valence-electron chi connectivity index (χ0n) is 8.13. The molecule has 0 spiro atoms. The highest BCUT2D eigenvalue weighted by molar-refractivity contribution is 9.10. The summed E-state index contributed by atoms with van der Waals surface area (Å²) < 4.78 is 6.84. The van der Waals surface area contributed by atoms with Gasteiger partial charge in [-0.15, -0.1) is 0 Å². The molecule has 14 heavy (non-hydrogen) atoms. The summed E-state index contributed by atoms with van der Waals surface area (Å²) in [7, 11) is 0. The molecule has 4 heteroatoms. The Balaban J connectivity index is 2.23. The first-order valence-corrected chi connectivity index (χ1v) is 6.48. The number of hydrogen-bond donors (Lipinski definition) is 1. The van der Waals surface area contributed by atoms with E-state index in [4.69, 9.17) is 10.5 Å². The smallest absolute Gasteiger partial charge is 0.0847 e. The highest BCUT2D eigenvalue weighted by atomic mass is 79.9. The zero-order valence-corrected chi connectivity index (χ0v) is 10.5. The Morgan fingerprint density at radius 2 is 2.43 bits per heavy atom. The lowest BCUT2D eigenvalue weighted by molar-refractivity contribution is -0.00179. The Hall–Kier alpha value is 0.1000. The first-order valence-electron chi connectivity index (χ1n) is 4.74. The van der Waals surface area contributed by atoms with Crippen LogP contribution in [-0.2, 0) is 4.74 Å². The molecule has 0 aromatic carbocycles. The van der Waals surface area contributed by atoms with Gasteiger partial charge < -0.3 is 10.5 Å². The molecule has 1 aliphatic rings. The number of halogens is 1. The van der Waals surface area contributed by atoms with E-state index in [2.05, 4.69) is 33.6 Å². The van der Waals surface area contributed by atoms with Crippen molar-refractivity contribution in [3.63, 3.8) is 0 Å². The third-order valence-electron chi connectivity index (χ3n) is 2.88. The van der Waals surface area contributed by atoms with Crippen LogP contribution in [0.1, 0.15) is 31.4 Å². The summed E-state index contributed by atoms with van der Waals surface area (Å²) in [5, 5.41) is 4.16. The van der Waals surface area contributed by atoms with E-state index in [1.165, 1.54) is 5.56 Å². The van der Waals surface area contributed by atoms with E-state index >= 15 is 0 Å². The lowest BCUT2D eigenvalue weighted by Gasteiger charge is -2.30. The Kier molecular flexibility index (Phi) is 2.98. The van der Waals surface area contributed by atoms with E-state index in [-0.39, 0.29) is 11.6 Å². The number of ether oxygens (including phenoxy) is 1. The summed E-state index contributed by atoms with van der Waals surface area (Å²) in [4.78, 5) is 0. The monoisotopic (exact) mass is 275 g/mol. The lowest BCUT2D eigenvalue weighted by atomic mass is 9.90. The molecule has 1 aromatic rings. The van der Waals surface area contributed by atoms with E-state index in [1.54, 1.807) is 11.3 Å². The van der Waals surface area contributed by atoms with Gasteiger partial charge in [0.2, 0.25) is 0 Å². The third-order valence-corrected chi connectivity index (χ3v) is 4.64. The van der Waals surface area contributed by atoms with Crippen LogP contribution in [0.3, 0.4) is 0 Å². The highest BCUT2D eigenvalue weighted by Crippen LogP contribution is 2.39. The molecule has 1 saturated heterocycles. The van der Waals surface area contributed by atoms with Gasteiger partial charge in [0, 0.05) is 16.5 Å². The Bertz CT molecular complexity index is 320. The van der Waals surface area contributed by atoms with E-state index in [0.717, 1.165) is 23.9 Å². The van der Waals surface area contributed by atoms with Gasteiger partial charge in [-0.1, -0.05) is 0 Å². The maximum absolute atomic E-state index is 6.23. The Morgan fingerprint density at radius 3 is 2.93 bits per heavy atom. The van der Waals surface area contributed by atoms with Crippen LogP contribution in [0.4, 0.5) is 0 Å². The lowest BCUT2D eigenvalue weighted by Crippen LogP contribution is -2.37. The fourth-order valence-corrected chi connectivity index (χ4v) is 3.47. The minimum atomic E-state index is -0.177. The summed E-state index contributed by atoms with van der Waals surface area (Å²) in [5.41, 5.74) is 7.22. The van der Waals surface area contributed by atoms with Gasteiger partial charge in [-0.25, -0.2) is 0 Å². The summed E-state index contributed by atoms with van der Waals surface area (Å²) in [5.74, 6) is 0. The number of hydrogen-bond acceptors (Lipinski definition) is 3. The van der Waals surface area contributed by atoms with Gasteiger partial charge in [0.25, 0.3) is 0 Å². The molecule has 0 bridgehead atoms. The summed E-state index contributed by atoms with van der Waals surface area (Å²) >= 11 is 5.18. The van der Waals surface area contributed by atoms with Gasteiger partial charge in [0.05, 0.1) is 11.6 Å². The summed E-state index contributed by atoms with van der Waals surface area (Å²) in [6.07, 6.45) is 2.17. The SMILES string of the molecule is CC1(C(N)c2cscc2Br)CCCO1. The minimum absolute atomic E-state index is 0.0226. The molecule has 0 aliphatic carbocycles. The van der Waals surface area contributed by atoms with Gasteiger partial charge in [0.15, 0.2) is 0 Å². The van der Waals surface area contributed by atoms with E-state index in [9.17, 15) is 0 Å². The van der Waals surface area contributed by atoms with Gasteiger partial charge >= 0.3 is 0 Å². The second-order valence-corrected chi connectivity index (χ2v) is 5.52. The topological polar surface area (TPSA) is 35.2 Å². The zero-order chi connectivity index (χ0) is 10.2. The molecule has 0 saturated carbocycles. The van der Waals surface area contributed by atoms with Crippen molar-refractivity contribution in [2.24, 2.45) is 5.73 Å². The van der Waals surface area contributed by atoms with Crippen molar-refractivity contribution in [2.45, 2.75) is 31.4 Å². The van der Waals surface area contributed by atoms with Gasteiger partial charge in [0.1, 0.15) is 0 Å². The van der Waals surface area contributed by atoms with Gasteiger partial charge in [-0.3, -0.25) is 0 Å². The van der Waals surface area contributed by atoms with Crippen molar-refractivity contribution >= 4 is 27.3 Å². The van der Waals surface area contributed by atoms with Crippen LogP contribution in [0, 0.1) is 0 Å². The summed E-state index contributed by atoms with van der Waals surface area (Å²) in [6, 6.07) is -0.0226. The van der Waals surface area contributed by atoms with Crippen LogP contribution in [0.5, 0.6) is 0 Å². The van der Waals surface area contributed by atoms with Crippen LogP contribution < -0.4 is 5.73 Å². The average Bonchev–Trinajstić information content (AvgIpc) is 2.74. The molecule has 2 unspecified atom stereocenters. The van der Waals surface area contributed by atoms with Crippen LogP contribution in [0.25, 0.3) is 0 Å². The Morgan fingerprint density at radius 1 is 1.64 bits per heavy atom. The largest absolute Gasteiger partial charge is 0.373 e. The van der Waals surface area contributed by atoms with Crippen molar-refractivity contribution in [1.29, 1.82) is 0 Å². The van der Waals surface area contributed by atoms with E-state index in [1.807, 2.05) is 0 Å². The highest BCUT2D eigenvalue weighted by Gasteiger charge is 2.37. The molecule has 1 aliphatic heterocycles. The number of nitrogens with two attached hydrogens (primary N) is 1. The van der Waals surface area contributed by atoms with Crippen molar-refractivity contribution in [1.82, 2.24) is 0 Å². The van der Waals surface area contributed by atoms with Crippen LogP contribution >= 0.6 is 27.3 Å². The first kappa shape index (κ1) is 10.6. The molecule has 2 nitrogen and oxygen atoms in total. The van der Waals surface area contributed by atoms with Crippen molar-refractivity contribution in [2.75, 3.05) is 6.61 Å². The maximum Gasteiger partial charge on any atom is 0.0847 e. The third kappa shape index (κ3) is 1.76.